The Labute approximate surface area is 107 Å². The first-order chi connectivity index (χ1) is 7.96. The lowest BCUT2D eigenvalue weighted by Crippen LogP contribution is -2.34. The minimum atomic E-state index is -0.681. The van der Waals surface area contributed by atoms with Crippen LogP contribution in [0.2, 0.25) is 0 Å². The van der Waals surface area contributed by atoms with Crippen molar-refractivity contribution < 1.29 is 5.11 Å². The quantitative estimate of drug-likeness (QED) is 0.820. The molecule has 5 heteroatoms. The van der Waals surface area contributed by atoms with Gasteiger partial charge in [0.2, 0.25) is 5.13 Å². The summed E-state index contributed by atoms with van der Waals surface area (Å²) in [5.41, 5.74) is -0.681. The van der Waals surface area contributed by atoms with Crippen LogP contribution >= 0.6 is 11.5 Å². The zero-order valence-corrected chi connectivity index (χ0v) is 11.5. The number of nitrogens with one attached hydrogen (secondary N) is 1. The zero-order valence-electron chi connectivity index (χ0n) is 10.7. The van der Waals surface area contributed by atoms with Gasteiger partial charge in [0.05, 0.1) is 5.60 Å². The van der Waals surface area contributed by atoms with Crippen LogP contribution in [0, 0.1) is 5.92 Å². The highest BCUT2D eigenvalue weighted by Crippen LogP contribution is 2.39. The molecule has 1 aliphatic rings. The van der Waals surface area contributed by atoms with Crippen LogP contribution < -0.4 is 5.32 Å². The lowest BCUT2D eigenvalue weighted by atomic mass is 9.94. The molecule has 17 heavy (non-hydrogen) atoms. The molecule has 2 rings (SSSR count). The summed E-state index contributed by atoms with van der Waals surface area (Å²) in [5.74, 6) is 2.06. The lowest BCUT2D eigenvalue weighted by Gasteiger charge is -2.25. The van der Waals surface area contributed by atoms with Crippen LogP contribution in [0.15, 0.2) is 0 Å². The number of aliphatic hydroxyl groups is 1. The molecule has 0 aromatic carbocycles. The van der Waals surface area contributed by atoms with E-state index in [-0.39, 0.29) is 0 Å². The monoisotopic (exact) mass is 255 g/mol. The van der Waals surface area contributed by atoms with E-state index in [1.807, 2.05) is 6.92 Å². The van der Waals surface area contributed by atoms with Gasteiger partial charge in [-0.15, -0.1) is 0 Å². The summed E-state index contributed by atoms with van der Waals surface area (Å²) >= 11 is 1.39. The van der Waals surface area contributed by atoms with Crippen molar-refractivity contribution in [3.05, 3.63) is 5.82 Å². The highest BCUT2D eigenvalue weighted by Gasteiger charge is 2.28. The first kappa shape index (κ1) is 12.8. The Hall–Kier alpha value is -0.680. The molecule has 0 saturated heterocycles. The molecule has 1 heterocycles. The van der Waals surface area contributed by atoms with E-state index in [0.29, 0.717) is 18.4 Å². The predicted molar refractivity (Wildman–Crippen MR) is 70.5 cm³/mol. The molecule has 4 nitrogen and oxygen atoms in total. The van der Waals surface area contributed by atoms with Crippen molar-refractivity contribution >= 4 is 16.7 Å². The van der Waals surface area contributed by atoms with Gasteiger partial charge in [-0.3, -0.25) is 0 Å². The summed E-state index contributed by atoms with van der Waals surface area (Å²) in [7, 11) is 0. The van der Waals surface area contributed by atoms with Crippen LogP contribution in [0.1, 0.15) is 51.8 Å². The van der Waals surface area contributed by atoms with E-state index in [1.54, 1.807) is 0 Å². The van der Waals surface area contributed by atoms with Gasteiger partial charge in [-0.1, -0.05) is 13.8 Å². The third-order valence-electron chi connectivity index (χ3n) is 2.85. The number of anilines is 1. The van der Waals surface area contributed by atoms with Gasteiger partial charge in [0.25, 0.3) is 0 Å². The summed E-state index contributed by atoms with van der Waals surface area (Å²) in [6.07, 6.45) is 3.23. The standard InChI is InChI=1S/C12H21N3OS/c1-8(2)6-12(3,16)7-13-11-14-10(15-17-11)9-4-5-9/h8-9,16H,4-7H2,1-3H3,(H,13,14,15). The fourth-order valence-electron chi connectivity index (χ4n) is 2.03. The molecule has 1 unspecified atom stereocenters. The van der Waals surface area contributed by atoms with Crippen LogP contribution in [-0.4, -0.2) is 26.6 Å². The number of rotatable bonds is 6. The largest absolute Gasteiger partial charge is 0.388 e. The van der Waals surface area contributed by atoms with Gasteiger partial charge in [0, 0.05) is 24.0 Å². The van der Waals surface area contributed by atoms with E-state index < -0.39 is 5.60 Å². The number of hydrogen-bond donors (Lipinski definition) is 2. The fourth-order valence-corrected chi connectivity index (χ4v) is 2.67. The Morgan fingerprint density at radius 3 is 2.82 bits per heavy atom. The van der Waals surface area contributed by atoms with Gasteiger partial charge in [-0.05, 0) is 32.1 Å². The zero-order chi connectivity index (χ0) is 12.5. The second-order valence-electron chi connectivity index (χ2n) is 5.68. The molecule has 0 bridgehead atoms. The molecule has 0 radical (unpaired) electrons. The van der Waals surface area contributed by atoms with Gasteiger partial charge in [0.1, 0.15) is 5.82 Å². The molecule has 96 valence electrons. The average Bonchev–Trinajstić information content (AvgIpc) is 2.94. The first-order valence-corrected chi connectivity index (χ1v) is 7.03. The van der Waals surface area contributed by atoms with E-state index in [0.717, 1.165) is 17.4 Å². The SMILES string of the molecule is CC(C)CC(C)(O)CNc1nc(C2CC2)ns1. The van der Waals surface area contributed by atoms with E-state index in [1.165, 1.54) is 24.4 Å². The predicted octanol–water partition coefficient (Wildman–Crippen LogP) is 2.62. The molecule has 0 spiro atoms. The summed E-state index contributed by atoms with van der Waals surface area (Å²) < 4.78 is 4.33. The Balaban J connectivity index is 1.83. The van der Waals surface area contributed by atoms with Crippen LogP contribution in [0.25, 0.3) is 0 Å². The maximum absolute atomic E-state index is 10.2. The van der Waals surface area contributed by atoms with Crippen molar-refractivity contribution in [1.29, 1.82) is 0 Å². The molecule has 0 aliphatic heterocycles. The van der Waals surface area contributed by atoms with Crippen molar-refractivity contribution in [2.45, 2.75) is 51.6 Å². The Morgan fingerprint density at radius 2 is 2.24 bits per heavy atom. The highest BCUT2D eigenvalue weighted by atomic mass is 32.1. The molecular weight excluding hydrogens is 234 g/mol. The maximum Gasteiger partial charge on any atom is 0.202 e. The number of nitrogens with zero attached hydrogens (tertiary/aromatic N) is 2. The van der Waals surface area contributed by atoms with E-state index in [2.05, 4.69) is 28.5 Å². The van der Waals surface area contributed by atoms with E-state index in [9.17, 15) is 5.11 Å². The normalized spacial score (nSPS) is 19.4. The average molecular weight is 255 g/mol. The summed E-state index contributed by atoms with van der Waals surface area (Å²) in [6.45, 7) is 6.63. The third kappa shape index (κ3) is 3.92. The van der Waals surface area contributed by atoms with Crippen molar-refractivity contribution in [2.75, 3.05) is 11.9 Å². The molecule has 1 aromatic rings. The van der Waals surface area contributed by atoms with Crippen LogP contribution in [-0.2, 0) is 0 Å². The van der Waals surface area contributed by atoms with Crippen molar-refractivity contribution in [2.24, 2.45) is 5.92 Å². The summed E-state index contributed by atoms with van der Waals surface area (Å²) in [4.78, 5) is 4.44. The van der Waals surface area contributed by atoms with E-state index >= 15 is 0 Å². The Bertz CT molecular complexity index is 372. The Kier molecular flexibility index (Phi) is 3.68. The first-order valence-electron chi connectivity index (χ1n) is 6.26. The Morgan fingerprint density at radius 1 is 1.53 bits per heavy atom. The fraction of sp³-hybridized carbons (Fsp3) is 0.833. The summed E-state index contributed by atoms with van der Waals surface area (Å²) in [5, 5.41) is 14.2. The van der Waals surface area contributed by atoms with E-state index in [4.69, 9.17) is 0 Å². The second-order valence-corrected chi connectivity index (χ2v) is 6.43. The summed E-state index contributed by atoms with van der Waals surface area (Å²) in [6, 6.07) is 0. The van der Waals surface area contributed by atoms with Crippen molar-refractivity contribution in [3.63, 3.8) is 0 Å². The van der Waals surface area contributed by atoms with Gasteiger partial charge in [0.15, 0.2) is 0 Å². The van der Waals surface area contributed by atoms with Gasteiger partial charge in [-0.2, -0.15) is 4.37 Å². The van der Waals surface area contributed by atoms with Gasteiger partial charge in [-0.25, -0.2) is 4.98 Å². The van der Waals surface area contributed by atoms with Gasteiger partial charge < -0.3 is 10.4 Å². The van der Waals surface area contributed by atoms with Crippen LogP contribution in [0.3, 0.4) is 0 Å². The highest BCUT2D eigenvalue weighted by molar-refractivity contribution is 7.09. The van der Waals surface area contributed by atoms with Crippen LogP contribution in [0.4, 0.5) is 5.13 Å². The maximum atomic E-state index is 10.2. The minimum Gasteiger partial charge on any atom is -0.388 e. The lowest BCUT2D eigenvalue weighted by molar-refractivity contribution is 0.0515. The molecule has 2 N–H and O–H groups in total. The molecule has 0 amide bonds. The minimum absolute atomic E-state index is 0.489. The third-order valence-corrected chi connectivity index (χ3v) is 3.54. The molecule has 1 aromatic heterocycles. The molecule has 1 aliphatic carbocycles. The number of hydrogen-bond acceptors (Lipinski definition) is 5. The molecular formula is C12H21N3OS. The second kappa shape index (κ2) is 4.90. The van der Waals surface area contributed by atoms with Crippen molar-refractivity contribution in [1.82, 2.24) is 9.36 Å². The topological polar surface area (TPSA) is 58.0 Å². The molecule has 1 saturated carbocycles. The van der Waals surface area contributed by atoms with Gasteiger partial charge >= 0.3 is 0 Å². The van der Waals surface area contributed by atoms with Crippen molar-refractivity contribution in [3.8, 4) is 0 Å². The molecule has 1 atom stereocenters. The smallest absolute Gasteiger partial charge is 0.202 e. The molecule has 1 fully saturated rings. The number of aromatic nitrogens is 2. The van der Waals surface area contributed by atoms with Crippen LogP contribution in [0.5, 0.6) is 0 Å².